The number of hydrogen-bond donors (Lipinski definition) is 0. The van der Waals surface area contributed by atoms with Crippen LogP contribution in [0, 0.1) is 54.4 Å². The fourth-order valence-corrected chi connectivity index (χ4v) is 17.9. The summed E-state index contributed by atoms with van der Waals surface area (Å²) in [4.78, 5) is 23.5. The van der Waals surface area contributed by atoms with Crippen LogP contribution in [0.1, 0.15) is 173 Å². The Balaban J connectivity index is 0.000000118. The Hall–Kier alpha value is -13.4. The highest BCUT2D eigenvalue weighted by atomic mass is 16.4. The molecular formula is C113H121N10O5+5. The lowest BCUT2D eigenvalue weighted by Crippen LogP contribution is -2.31. The Morgan fingerprint density at radius 1 is 0.273 bits per heavy atom. The van der Waals surface area contributed by atoms with Gasteiger partial charge in [0.15, 0.2) is 58.9 Å². The van der Waals surface area contributed by atoms with Gasteiger partial charge in [0.2, 0.25) is 57.0 Å². The molecule has 0 unspecified atom stereocenters. The van der Waals surface area contributed by atoms with E-state index in [4.69, 9.17) is 37.0 Å². The Bertz CT molecular complexity index is 7490. The summed E-state index contributed by atoms with van der Waals surface area (Å²) in [7, 11) is 10.5. The van der Waals surface area contributed by atoms with Crippen LogP contribution in [0.25, 0.3) is 167 Å². The highest BCUT2D eigenvalue weighted by Gasteiger charge is 2.29. The Morgan fingerprint density at radius 2 is 0.523 bits per heavy atom. The van der Waals surface area contributed by atoms with Gasteiger partial charge in [-0.25, -0.2) is 47.8 Å². The maximum Gasteiger partial charge on any atom is 0.227 e. The highest BCUT2D eigenvalue weighted by Crippen LogP contribution is 2.43. The number of rotatable bonds is 13. The van der Waals surface area contributed by atoms with Gasteiger partial charge in [-0.15, -0.1) is 0 Å². The lowest BCUT2D eigenvalue weighted by Gasteiger charge is -2.16. The number of aryl methyl sites for hydroxylation is 17. The second-order valence-electron chi connectivity index (χ2n) is 36.5. The summed E-state index contributed by atoms with van der Waals surface area (Å²) in [5.74, 6) is 0.960. The van der Waals surface area contributed by atoms with Crippen LogP contribution in [0.15, 0.2) is 235 Å². The number of nitrogens with zero attached hydrogens (tertiary/aromatic N) is 10. The number of benzene rings is 5. The van der Waals surface area contributed by atoms with E-state index in [1.165, 1.54) is 55.6 Å². The second-order valence-corrected chi connectivity index (χ2v) is 36.5. The minimum atomic E-state index is -0.00562. The van der Waals surface area contributed by atoms with Crippen molar-refractivity contribution in [1.82, 2.24) is 24.9 Å². The van der Waals surface area contributed by atoms with Crippen LogP contribution in [0.3, 0.4) is 0 Å². The van der Waals surface area contributed by atoms with Crippen molar-refractivity contribution in [2.24, 2.45) is 41.2 Å². The van der Waals surface area contributed by atoms with E-state index in [0.717, 1.165) is 222 Å². The molecule has 15 aromatic heterocycles. The molecule has 20 aromatic rings. The molecule has 0 atom stereocenters. The summed E-state index contributed by atoms with van der Waals surface area (Å²) < 4.78 is 42.3. The van der Waals surface area contributed by atoms with Gasteiger partial charge >= 0.3 is 0 Å². The van der Waals surface area contributed by atoms with Gasteiger partial charge in [0, 0.05) is 146 Å². The molecular weight excluding hydrogens is 1580 g/mol. The molecule has 0 bridgehead atoms. The predicted octanol–water partition coefficient (Wildman–Crippen LogP) is 26.0. The van der Waals surface area contributed by atoms with Crippen molar-refractivity contribution in [3.8, 4) is 56.3 Å². The lowest BCUT2D eigenvalue weighted by molar-refractivity contribution is -0.660. The fourth-order valence-electron chi connectivity index (χ4n) is 17.9. The normalized spacial score (nSPS) is 11.8. The van der Waals surface area contributed by atoms with E-state index < -0.39 is 0 Å². The monoisotopic (exact) mass is 1700 g/mol. The molecule has 648 valence electrons. The molecule has 0 saturated heterocycles. The summed E-state index contributed by atoms with van der Waals surface area (Å²) in [5.41, 5.74) is 37.6. The first-order valence-corrected chi connectivity index (χ1v) is 45.4. The average Bonchev–Trinajstić information content (AvgIpc) is 1.62. The van der Waals surface area contributed by atoms with Crippen molar-refractivity contribution in [3.63, 3.8) is 0 Å². The number of aromatic nitrogens is 10. The number of hydrogen-bond acceptors (Lipinski definition) is 10. The summed E-state index contributed by atoms with van der Waals surface area (Å²) in [5, 5.41) is 11.0. The fraction of sp³-hybridized carbons (Fsp3) is 0.292. The van der Waals surface area contributed by atoms with Crippen molar-refractivity contribution >= 4 is 110 Å². The van der Waals surface area contributed by atoms with Gasteiger partial charge in [-0.2, -0.15) is 0 Å². The van der Waals surface area contributed by atoms with Crippen molar-refractivity contribution in [2.45, 2.75) is 181 Å². The van der Waals surface area contributed by atoms with E-state index in [1.807, 2.05) is 26.0 Å². The third-order valence-corrected chi connectivity index (χ3v) is 25.2. The third kappa shape index (κ3) is 17.2. The number of pyridine rings is 10. The summed E-state index contributed by atoms with van der Waals surface area (Å²) in [6.07, 6.45) is 17.1. The van der Waals surface area contributed by atoms with Crippen LogP contribution >= 0.6 is 0 Å². The topological polar surface area (TPSA) is 150 Å². The first-order chi connectivity index (χ1) is 61.4. The largest absolute Gasteiger partial charge is 0.437 e. The second kappa shape index (κ2) is 36.2. The molecule has 15 heteroatoms. The Labute approximate surface area is 751 Å². The molecule has 5 aromatic carbocycles. The van der Waals surface area contributed by atoms with Crippen LogP contribution in [0.2, 0.25) is 0 Å². The highest BCUT2D eigenvalue weighted by molar-refractivity contribution is 6.13. The quantitative estimate of drug-likeness (QED) is 0.102. The molecule has 20 rings (SSSR count). The predicted molar refractivity (Wildman–Crippen MR) is 522 cm³/mol. The summed E-state index contributed by atoms with van der Waals surface area (Å²) in [6.45, 7) is 40.8. The minimum absolute atomic E-state index is 0.00562. The van der Waals surface area contributed by atoms with E-state index in [-0.39, 0.29) is 5.41 Å². The molecule has 0 spiro atoms. The van der Waals surface area contributed by atoms with Gasteiger partial charge in [0.05, 0.1) is 27.8 Å². The van der Waals surface area contributed by atoms with Crippen LogP contribution < -0.4 is 22.8 Å². The zero-order valence-electron chi connectivity index (χ0n) is 79.1. The van der Waals surface area contributed by atoms with E-state index in [0.29, 0.717) is 23.3 Å². The van der Waals surface area contributed by atoms with E-state index >= 15 is 0 Å². The zero-order valence-corrected chi connectivity index (χ0v) is 79.1. The van der Waals surface area contributed by atoms with Crippen molar-refractivity contribution < 1.29 is 44.9 Å². The van der Waals surface area contributed by atoms with Crippen LogP contribution in [-0.2, 0) is 79.2 Å². The van der Waals surface area contributed by atoms with E-state index in [1.54, 1.807) is 0 Å². The molecule has 0 radical (unpaired) electrons. The Kier molecular flexibility index (Phi) is 24.9. The number of furan rings is 5. The molecule has 0 N–H and O–H groups in total. The molecule has 0 aliphatic rings. The Morgan fingerprint density at radius 3 is 0.789 bits per heavy atom. The van der Waals surface area contributed by atoms with Gasteiger partial charge < -0.3 is 22.1 Å². The van der Waals surface area contributed by atoms with Crippen LogP contribution in [0.4, 0.5) is 0 Å². The molecule has 128 heavy (non-hydrogen) atoms. The van der Waals surface area contributed by atoms with Gasteiger partial charge in [-0.05, 0) is 218 Å². The molecule has 0 amide bonds. The summed E-state index contributed by atoms with van der Waals surface area (Å²) >= 11 is 0. The average molecular weight is 1700 g/mol. The van der Waals surface area contributed by atoms with Crippen LogP contribution in [-0.4, -0.2) is 24.9 Å². The molecule has 15 heterocycles. The summed E-state index contributed by atoms with van der Waals surface area (Å²) in [6, 6.07) is 64.6. The van der Waals surface area contributed by atoms with Gasteiger partial charge in [-0.1, -0.05) is 144 Å². The first-order valence-electron chi connectivity index (χ1n) is 45.4. The van der Waals surface area contributed by atoms with Gasteiger partial charge in [0.25, 0.3) is 0 Å². The third-order valence-electron chi connectivity index (χ3n) is 25.2. The van der Waals surface area contributed by atoms with Crippen molar-refractivity contribution in [2.75, 3.05) is 0 Å². The minimum Gasteiger partial charge on any atom is -0.437 e. The molecule has 0 aliphatic heterocycles. The zero-order chi connectivity index (χ0) is 90.6. The van der Waals surface area contributed by atoms with Gasteiger partial charge in [-0.3, -0.25) is 0 Å². The standard InChI is InChI=1S/2C24H27N2O.C23H25N2O.2C21H21N2O/c1-7-16-9-12-19(26(6)14-16)21-15(2)8-10-17-18-11-13-20(24(3,4)5)25-23(18)27-22(17)21;1-6-17-8-12-21(26(5)14-17)22-16(4)7-10-19-20-11-9-18(13-15(2)3)25-24(20)27-23(19)22;1-6-16-8-12-20(25(5)13-16)21-15(4)7-9-17-18-10-11-19(14(2)3)24-23(18)26-22(17)21;2*1-5-15-8-11-18(23(4)12-15)19-13(2)6-9-16-17-10-7-14(3)22-21(17)24-20(16)19/h8-14H,7H2,1-6H3;7-12,14-15H,6,13H2,1-5H3;7-14H,6H2,1-5H3;2*6-12H,5H2,1-4H3/q5*+1. The van der Waals surface area contributed by atoms with Crippen molar-refractivity contribution in [3.05, 3.63) is 297 Å². The maximum absolute atomic E-state index is 6.34. The molecule has 15 nitrogen and oxygen atoms in total. The maximum atomic E-state index is 6.34. The first kappa shape index (κ1) is 88.1. The smallest absolute Gasteiger partial charge is 0.227 e. The van der Waals surface area contributed by atoms with E-state index in [9.17, 15) is 0 Å². The number of fused-ring (bicyclic) bond motifs is 15. The van der Waals surface area contributed by atoms with Crippen LogP contribution in [0.5, 0.6) is 0 Å². The SMILES string of the molecule is CCc1ccc(-c2c(C)ccc3c2oc2nc(C(C)(C)C)ccc23)[n+](C)c1.CCc1ccc(-c2c(C)ccc3c2oc2nc(C(C)C)ccc23)[n+](C)c1.CCc1ccc(-c2c(C)ccc3c2oc2nc(C)ccc23)[n+](C)c1.CCc1ccc(-c2c(C)ccc3c2oc2nc(C)ccc23)[n+](C)c1.CCc1ccc(-c2c(C)ccc3c2oc2nc(CC(C)C)ccc23)[n+](C)c1. The van der Waals surface area contributed by atoms with Crippen molar-refractivity contribution in [1.29, 1.82) is 0 Å². The van der Waals surface area contributed by atoms with E-state index in [2.05, 4.69) is 387 Å². The van der Waals surface area contributed by atoms with Gasteiger partial charge in [0.1, 0.15) is 35.2 Å². The molecule has 0 fully saturated rings. The molecule has 0 aliphatic carbocycles. The molecule has 0 saturated carbocycles. The lowest BCUT2D eigenvalue weighted by atomic mass is 9.91.